The molecule has 2 heterocycles. The summed E-state index contributed by atoms with van der Waals surface area (Å²) in [6.45, 7) is 1.98. The van der Waals surface area contributed by atoms with Gasteiger partial charge in [-0.1, -0.05) is 12.1 Å². The Hall–Kier alpha value is -2.27. The number of aromatic nitrogens is 1. The van der Waals surface area contributed by atoms with E-state index < -0.39 is 0 Å². The third-order valence-electron chi connectivity index (χ3n) is 4.54. The minimum absolute atomic E-state index is 0.0855. The highest BCUT2D eigenvalue weighted by Crippen LogP contribution is 2.41. The number of halogens is 1. The molecule has 4 nitrogen and oxygen atoms in total. The molecular formula is C17H16FN3O. The van der Waals surface area contributed by atoms with Crippen molar-refractivity contribution in [2.45, 2.75) is 6.04 Å². The molecule has 1 aromatic carbocycles. The number of hydrogen-bond donors (Lipinski definition) is 2. The molecule has 0 unspecified atom stereocenters. The first-order chi connectivity index (χ1) is 10.7. The monoisotopic (exact) mass is 297 g/mol. The van der Waals surface area contributed by atoms with Gasteiger partial charge in [0, 0.05) is 30.9 Å². The van der Waals surface area contributed by atoms with Gasteiger partial charge in [-0.05, 0) is 36.1 Å². The zero-order valence-corrected chi connectivity index (χ0v) is 11.9. The molecule has 4 rings (SSSR count). The fourth-order valence-electron chi connectivity index (χ4n) is 3.21. The van der Waals surface area contributed by atoms with Gasteiger partial charge in [-0.15, -0.1) is 0 Å². The zero-order valence-electron chi connectivity index (χ0n) is 11.9. The van der Waals surface area contributed by atoms with Crippen LogP contribution in [0.25, 0.3) is 11.3 Å². The number of piperidine rings is 1. The molecule has 3 atom stereocenters. The van der Waals surface area contributed by atoms with E-state index in [9.17, 15) is 9.18 Å². The van der Waals surface area contributed by atoms with Gasteiger partial charge in [-0.3, -0.25) is 9.78 Å². The van der Waals surface area contributed by atoms with Gasteiger partial charge >= 0.3 is 0 Å². The Morgan fingerprint density at radius 3 is 2.73 bits per heavy atom. The standard InChI is InChI=1S/C17H16FN3O/c18-12-3-1-2-10(6-12)15-5-4-11(7-20-15)17(22)21-16-13-8-19-9-14(13)16/h1-7,13-14,16,19H,8-9H2,(H,21,22)/t13-,14+,16+. The Kier molecular flexibility index (Phi) is 3.15. The van der Waals surface area contributed by atoms with E-state index >= 15 is 0 Å². The molecule has 2 fully saturated rings. The molecule has 5 heteroatoms. The average molecular weight is 297 g/mol. The van der Waals surface area contributed by atoms with Crippen molar-refractivity contribution < 1.29 is 9.18 Å². The predicted octanol–water partition coefficient (Wildman–Crippen LogP) is 1.84. The van der Waals surface area contributed by atoms with Gasteiger partial charge in [0.25, 0.3) is 5.91 Å². The summed E-state index contributed by atoms with van der Waals surface area (Å²) in [5.41, 5.74) is 1.90. The van der Waals surface area contributed by atoms with Crippen LogP contribution in [-0.2, 0) is 0 Å². The fourth-order valence-corrected chi connectivity index (χ4v) is 3.21. The van der Waals surface area contributed by atoms with E-state index in [1.54, 1.807) is 30.5 Å². The second-order valence-corrected chi connectivity index (χ2v) is 5.93. The highest BCUT2D eigenvalue weighted by molar-refractivity contribution is 5.94. The number of hydrogen-bond acceptors (Lipinski definition) is 3. The topological polar surface area (TPSA) is 54.0 Å². The number of nitrogens with zero attached hydrogens (tertiary/aromatic N) is 1. The smallest absolute Gasteiger partial charge is 0.253 e. The minimum atomic E-state index is -0.296. The molecule has 2 N–H and O–H groups in total. The maximum Gasteiger partial charge on any atom is 0.253 e. The zero-order chi connectivity index (χ0) is 15.1. The Bertz CT molecular complexity index is 706. The maximum atomic E-state index is 13.2. The first kappa shape index (κ1) is 13.4. The lowest BCUT2D eigenvalue weighted by Crippen LogP contribution is -2.32. The molecule has 2 aliphatic rings. The molecule has 22 heavy (non-hydrogen) atoms. The summed E-state index contributed by atoms with van der Waals surface area (Å²) >= 11 is 0. The van der Waals surface area contributed by atoms with Crippen LogP contribution in [0.5, 0.6) is 0 Å². The maximum absolute atomic E-state index is 13.2. The molecule has 1 aromatic heterocycles. The summed E-state index contributed by atoms with van der Waals surface area (Å²) in [4.78, 5) is 16.5. The van der Waals surface area contributed by atoms with Crippen molar-refractivity contribution in [1.29, 1.82) is 0 Å². The Balaban J connectivity index is 1.46. The molecule has 0 radical (unpaired) electrons. The molecular weight excluding hydrogens is 281 g/mol. The van der Waals surface area contributed by atoms with Gasteiger partial charge in [0.1, 0.15) is 5.82 Å². The van der Waals surface area contributed by atoms with E-state index in [1.165, 1.54) is 12.1 Å². The molecule has 1 aliphatic heterocycles. The summed E-state index contributed by atoms with van der Waals surface area (Å²) in [7, 11) is 0. The molecule has 1 amide bonds. The highest BCUT2D eigenvalue weighted by atomic mass is 19.1. The van der Waals surface area contributed by atoms with Crippen molar-refractivity contribution in [1.82, 2.24) is 15.6 Å². The van der Waals surface area contributed by atoms with Crippen LogP contribution in [0.4, 0.5) is 4.39 Å². The number of carbonyl (C=O) groups excluding carboxylic acids is 1. The van der Waals surface area contributed by atoms with Crippen LogP contribution in [0.3, 0.4) is 0 Å². The van der Waals surface area contributed by atoms with Crippen LogP contribution in [-0.4, -0.2) is 30.0 Å². The summed E-state index contributed by atoms with van der Waals surface area (Å²) in [5.74, 6) is 0.791. The Labute approximate surface area is 127 Å². The highest BCUT2D eigenvalue weighted by Gasteiger charge is 2.53. The van der Waals surface area contributed by atoms with Crippen molar-refractivity contribution in [2.24, 2.45) is 11.8 Å². The summed E-state index contributed by atoms with van der Waals surface area (Å²) < 4.78 is 13.2. The number of benzene rings is 1. The van der Waals surface area contributed by atoms with Crippen LogP contribution in [0.2, 0.25) is 0 Å². The molecule has 1 aliphatic carbocycles. The number of pyridine rings is 1. The van der Waals surface area contributed by atoms with Crippen molar-refractivity contribution in [3.05, 3.63) is 54.0 Å². The minimum Gasteiger partial charge on any atom is -0.349 e. The number of carbonyl (C=O) groups is 1. The first-order valence-electron chi connectivity index (χ1n) is 7.46. The van der Waals surface area contributed by atoms with Gasteiger partial charge in [0.15, 0.2) is 0 Å². The predicted molar refractivity (Wildman–Crippen MR) is 80.7 cm³/mol. The van der Waals surface area contributed by atoms with Gasteiger partial charge in [-0.2, -0.15) is 0 Å². The quantitative estimate of drug-likeness (QED) is 0.909. The van der Waals surface area contributed by atoms with Crippen LogP contribution in [0.1, 0.15) is 10.4 Å². The summed E-state index contributed by atoms with van der Waals surface area (Å²) in [6.07, 6.45) is 1.55. The van der Waals surface area contributed by atoms with E-state index in [0.717, 1.165) is 13.1 Å². The third kappa shape index (κ3) is 2.37. The number of rotatable bonds is 3. The number of fused-ring (bicyclic) bond motifs is 1. The molecule has 0 spiro atoms. The van der Waals surface area contributed by atoms with Crippen LogP contribution >= 0.6 is 0 Å². The van der Waals surface area contributed by atoms with E-state index in [4.69, 9.17) is 0 Å². The van der Waals surface area contributed by atoms with Gasteiger partial charge in [0.05, 0.1) is 11.3 Å². The van der Waals surface area contributed by atoms with Crippen molar-refractivity contribution >= 4 is 5.91 Å². The van der Waals surface area contributed by atoms with Gasteiger partial charge in [0.2, 0.25) is 0 Å². The summed E-state index contributed by atoms with van der Waals surface area (Å²) in [6, 6.07) is 10.1. The lowest BCUT2D eigenvalue weighted by atomic mass is 10.1. The van der Waals surface area contributed by atoms with Crippen molar-refractivity contribution in [2.75, 3.05) is 13.1 Å². The molecule has 1 saturated carbocycles. The lowest BCUT2D eigenvalue weighted by Gasteiger charge is -2.08. The van der Waals surface area contributed by atoms with E-state index in [2.05, 4.69) is 15.6 Å². The van der Waals surface area contributed by atoms with Gasteiger partial charge < -0.3 is 10.6 Å². The molecule has 112 valence electrons. The fraction of sp³-hybridized carbons (Fsp3) is 0.294. The average Bonchev–Trinajstić information content (AvgIpc) is 2.97. The second kappa shape index (κ2) is 5.18. The van der Waals surface area contributed by atoms with E-state index in [1.807, 2.05) is 0 Å². The summed E-state index contributed by atoms with van der Waals surface area (Å²) in [5, 5.41) is 6.36. The van der Waals surface area contributed by atoms with E-state index in [0.29, 0.717) is 34.7 Å². The normalized spacial score (nSPS) is 25.6. The lowest BCUT2D eigenvalue weighted by molar-refractivity contribution is 0.0946. The van der Waals surface area contributed by atoms with Crippen molar-refractivity contribution in [3.63, 3.8) is 0 Å². The number of nitrogens with one attached hydrogen (secondary N) is 2. The largest absolute Gasteiger partial charge is 0.349 e. The SMILES string of the molecule is O=C(N[C@H]1[C@@H]2CNC[C@@H]21)c1ccc(-c2cccc(F)c2)nc1. The molecule has 1 saturated heterocycles. The first-order valence-corrected chi connectivity index (χ1v) is 7.46. The molecule has 2 aromatic rings. The van der Waals surface area contributed by atoms with E-state index in [-0.39, 0.29) is 11.7 Å². The third-order valence-corrected chi connectivity index (χ3v) is 4.54. The van der Waals surface area contributed by atoms with Crippen molar-refractivity contribution in [3.8, 4) is 11.3 Å². The van der Waals surface area contributed by atoms with Crippen LogP contribution < -0.4 is 10.6 Å². The Morgan fingerprint density at radius 1 is 1.23 bits per heavy atom. The number of amides is 1. The molecule has 0 bridgehead atoms. The van der Waals surface area contributed by atoms with Gasteiger partial charge in [-0.25, -0.2) is 4.39 Å². The van der Waals surface area contributed by atoms with Crippen LogP contribution in [0, 0.1) is 17.7 Å². The second-order valence-electron chi connectivity index (χ2n) is 5.93. The Morgan fingerprint density at radius 2 is 2.05 bits per heavy atom. The van der Waals surface area contributed by atoms with Crippen LogP contribution in [0.15, 0.2) is 42.6 Å².